The largest absolute Gasteiger partial charge is 0.497 e. The minimum absolute atomic E-state index is 0.421. The van der Waals surface area contributed by atoms with Gasteiger partial charge in [0.15, 0.2) is 5.76 Å². The summed E-state index contributed by atoms with van der Waals surface area (Å²) in [5.74, 6) is 1.84. The van der Waals surface area contributed by atoms with Crippen molar-refractivity contribution in [1.82, 2.24) is 5.16 Å². The quantitative estimate of drug-likeness (QED) is 0.852. The van der Waals surface area contributed by atoms with Gasteiger partial charge in [-0.3, -0.25) is 0 Å². The second kappa shape index (κ2) is 5.36. The SMILES string of the molecule is COc1cccc(-c2cc(OCCN)no2)c1. The molecule has 0 radical (unpaired) electrons. The molecule has 5 nitrogen and oxygen atoms in total. The maximum Gasteiger partial charge on any atom is 0.254 e. The summed E-state index contributed by atoms with van der Waals surface area (Å²) in [6.07, 6.45) is 0. The Hall–Kier alpha value is -2.01. The third kappa shape index (κ3) is 2.76. The van der Waals surface area contributed by atoms with Gasteiger partial charge in [0, 0.05) is 18.2 Å². The molecule has 0 aliphatic carbocycles. The van der Waals surface area contributed by atoms with E-state index < -0.39 is 0 Å². The van der Waals surface area contributed by atoms with Crippen LogP contribution in [0.5, 0.6) is 11.6 Å². The van der Waals surface area contributed by atoms with E-state index in [0.717, 1.165) is 11.3 Å². The summed E-state index contributed by atoms with van der Waals surface area (Å²) in [5, 5.41) is 3.79. The van der Waals surface area contributed by atoms with Gasteiger partial charge >= 0.3 is 0 Å². The number of nitrogens with two attached hydrogens (primary N) is 1. The first kappa shape index (κ1) is 11.5. The number of rotatable bonds is 5. The van der Waals surface area contributed by atoms with Crippen LogP contribution in [0.1, 0.15) is 0 Å². The Morgan fingerprint density at radius 3 is 3.00 bits per heavy atom. The van der Waals surface area contributed by atoms with Crippen LogP contribution in [0.2, 0.25) is 0 Å². The predicted octanol–water partition coefficient (Wildman–Crippen LogP) is 1.69. The molecular weight excluding hydrogens is 220 g/mol. The number of benzene rings is 1. The van der Waals surface area contributed by atoms with Gasteiger partial charge in [-0.15, -0.1) is 0 Å². The molecule has 1 aromatic carbocycles. The average molecular weight is 234 g/mol. The minimum atomic E-state index is 0.421. The molecule has 0 saturated heterocycles. The lowest BCUT2D eigenvalue weighted by Gasteiger charge is -2.00. The van der Waals surface area contributed by atoms with Gasteiger partial charge in [-0.25, -0.2) is 0 Å². The number of hydrogen-bond acceptors (Lipinski definition) is 5. The van der Waals surface area contributed by atoms with Crippen molar-refractivity contribution in [3.8, 4) is 23.0 Å². The van der Waals surface area contributed by atoms with Crippen molar-refractivity contribution in [3.63, 3.8) is 0 Å². The van der Waals surface area contributed by atoms with E-state index in [0.29, 0.717) is 24.8 Å². The highest BCUT2D eigenvalue weighted by Crippen LogP contribution is 2.26. The Morgan fingerprint density at radius 2 is 2.24 bits per heavy atom. The fourth-order valence-electron chi connectivity index (χ4n) is 1.40. The van der Waals surface area contributed by atoms with Gasteiger partial charge in [0.25, 0.3) is 5.88 Å². The summed E-state index contributed by atoms with van der Waals surface area (Å²) in [6.45, 7) is 0.867. The first-order chi connectivity index (χ1) is 8.33. The van der Waals surface area contributed by atoms with Crippen molar-refractivity contribution in [1.29, 1.82) is 0 Å². The predicted molar refractivity (Wildman–Crippen MR) is 63.0 cm³/mol. The summed E-state index contributed by atoms with van der Waals surface area (Å²) in [6, 6.07) is 9.26. The van der Waals surface area contributed by atoms with Gasteiger partial charge < -0.3 is 19.7 Å². The monoisotopic (exact) mass is 234 g/mol. The van der Waals surface area contributed by atoms with Gasteiger partial charge in [-0.2, -0.15) is 0 Å². The molecule has 0 aliphatic rings. The summed E-state index contributed by atoms with van der Waals surface area (Å²) in [5.41, 5.74) is 6.22. The lowest BCUT2D eigenvalue weighted by Crippen LogP contribution is -2.10. The number of aromatic nitrogens is 1. The van der Waals surface area contributed by atoms with Crippen molar-refractivity contribution < 1.29 is 14.0 Å². The van der Waals surface area contributed by atoms with Crippen molar-refractivity contribution in [3.05, 3.63) is 30.3 Å². The fraction of sp³-hybridized carbons (Fsp3) is 0.250. The van der Waals surface area contributed by atoms with E-state index in [1.807, 2.05) is 24.3 Å². The molecule has 2 rings (SSSR count). The second-order valence-electron chi connectivity index (χ2n) is 3.40. The molecule has 0 fully saturated rings. The lowest BCUT2D eigenvalue weighted by molar-refractivity contribution is 0.288. The highest BCUT2D eigenvalue weighted by molar-refractivity contribution is 5.60. The Kier molecular flexibility index (Phi) is 3.62. The summed E-state index contributed by atoms with van der Waals surface area (Å²) in [7, 11) is 1.62. The van der Waals surface area contributed by atoms with Crippen molar-refractivity contribution in [2.75, 3.05) is 20.3 Å². The van der Waals surface area contributed by atoms with E-state index >= 15 is 0 Å². The van der Waals surface area contributed by atoms with Crippen LogP contribution < -0.4 is 15.2 Å². The van der Waals surface area contributed by atoms with Crippen LogP contribution >= 0.6 is 0 Å². The van der Waals surface area contributed by atoms with Crippen molar-refractivity contribution >= 4 is 0 Å². The zero-order chi connectivity index (χ0) is 12.1. The van der Waals surface area contributed by atoms with Crippen LogP contribution in [0.25, 0.3) is 11.3 Å². The highest BCUT2D eigenvalue weighted by Gasteiger charge is 2.08. The molecule has 90 valence electrons. The van der Waals surface area contributed by atoms with Crippen LogP contribution in [-0.4, -0.2) is 25.4 Å². The fourth-order valence-corrected chi connectivity index (χ4v) is 1.40. The van der Waals surface area contributed by atoms with Gasteiger partial charge in [0.05, 0.1) is 7.11 Å². The maximum absolute atomic E-state index is 5.33. The molecule has 0 unspecified atom stereocenters. The van der Waals surface area contributed by atoms with E-state index in [9.17, 15) is 0 Å². The van der Waals surface area contributed by atoms with Gasteiger partial charge in [0.1, 0.15) is 12.4 Å². The molecular formula is C12H14N2O3. The Labute approximate surface area is 99.1 Å². The normalized spacial score (nSPS) is 10.2. The lowest BCUT2D eigenvalue weighted by atomic mass is 10.1. The van der Waals surface area contributed by atoms with Crippen LogP contribution in [0.4, 0.5) is 0 Å². The van der Waals surface area contributed by atoms with Gasteiger partial charge in [0.2, 0.25) is 0 Å². The number of nitrogens with zero attached hydrogens (tertiary/aromatic N) is 1. The van der Waals surface area contributed by atoms with Crippen LogP contribution in [0, 0.1) is 0 Å². The van der Waals surface area contributed by atoms with Crippen LogP contribution in [0.3, 0.4) is 0 Å². The molecule has 2 aromatic rings. The molecule has 17 heavy (non-hydrogen) atoms. The zero-order valence-electron chi connectivity index (χ0n) is 9.55. The molecule has 0 aliphatic heterocycles. The molecule has 0 spiro atoms. The topological polar surface area (TPSA) is 70.5 Å². The molecule has 1 heterocycles. The highest BCUT2D eigenvalue weighted by atomic mass is 16.5. The molecule has 0 bridgehead atoms. The second-order valence-corrected chi connectivity index (χ2v) is 3.40. The number of ether oxygens (including phenoxy) is 2. The van der Waals surface area contributed by atoms with E-state index in [1.165, 1.54) is 0 Å². The minimum Gasteiger partial charge on any atom is -0.497 e. The molecule has 1 aromatic heterocycles. The zero-order valence-corrected chi connectivity index (χ0v) is 9.55. The molecule has 0 saturated carbocycles. The van der Waals surface area contributed by atoms with E-state index in [1.54, 1.807) is 13.2 Å². The third-order valence-electron chi connectivity index (χ3n) is 2.21. The van der Waals surface area contributed by atoms with Crippen LogP contribution in [-0.2, 0) is 0 Å². The smallest absolute Gasteiger partial charge is 0.254 e. The summed E-state index contributed by atoms with van der Waals surface area (Å²) in [4.78, 5) is 0. The number of hydrogen-bond donors (Lipinski definition) is 1. The molecule has 2 N–H and O–H groups in total. The Morgan fingerprint density at radius 1 is 1.35 bits per heavy atom. The summed E-state index contributed by atoms with van der Waals surface area (Å²) < 4.78 is 15.6. The third-order valence-corrected chi connectivity index (χ3v) is 2.21. The first-order valence-electron chi connectivity index (χ1n) is 5.27. The molecule has 0 amide bonds. The number of methoxy groups -OCH3 is 1. The van der Waals surface area contributed by atoms with Crippen molar-refractivity contribution in [2.24, 2.45) is 5.73 Å². The van der Waals surface area contributed by atoms with E-state index in [-0.39, 0.29) is 0 Å². The molecule has 5 heteroatoms. The summed E-state index contributed by atoms with van der Waals surface area (Å²) >= 11 is 0. The van der Waals surface area contributed by atoms with Crippen LogP contribution in [0.15, 0.2) is 34.9 Å². The molecule has 0 atom stereocenters. The van der Waals surface area contributed by atoms with E-state index in [4.69, 9.17) is 19.7 Å². The maximum atomic E-state index is 5.33. The van der Waals surface area contributed by atoms with Gasteiger partial charge in [-0.05, 0) is 17.3 Å². The standard InChI is InChI=1S/C12H14N2O3/c1-15-10-4-2-3-9(7-10)11-8-12(14-17-11)16-6-5-13/h2-4,7-8H,5-6,13H2,1H3. The average Bonchev–Trinajstić information content (AvgIpc) is 2.85. The Bertz CT molecular complexity index is 482. The van der Waals surface area contributed by atoms with Crippen molar-refractivity contribution in [2.45, 2.75) is 0 Å². The Balaban J connectivity index is 2.18. The van der Waals surface area contributed by atoms with E-state index in [2.05, 4.69) is 5.16 Å². The van der Waals surface area contributed by atoms with Gasteiger partial charge in [-0.1, -0.05) is 12.1 Å². The first-order valence-corrected chi connectivity index (χ1v) is 5.27.